The van der Waals surface area contributed by atoms with Crippen molar-refractivity contribution >= 4 is 23.9 Å². The first-order valence-electron chi connectivity index (χ1n) is 5.02. The maximum Gasteiger partial charge on any atom is 0.247 e. The second kappa shape index (κ2) is 4.84. The quantitative estimate of drug-likeness (QED) is 0.793. The maximum atomic E-state index is 5.14. The van der Waals surface area contributed by atoms with E-state index in [1.807, 2.05) is 12.1 Å². The second-order valence-corrected chi connectivity index (χ2v) is 3.67. The molecule has 0 aliphatic carbocycles. The van der Waals surface area contributed by atoms with Crippen molar-refractivity contribution in [3.05, 3.63) is 23.0 Å². The van der Waals surface area contributed by atoms with E-state index in [-0.39, 0.29) is 0 Å². The first kappa shape index (κ1) is 10.7. The van der Waals surface area contributed by atoms with Gasteiger partial charge in [-0.05, 0) is 29.0 Å². The number of hydrogen-bond acceptors (Lipinski definition) is 5. The Labute approximate surface area is 97.7 Å². The van der Waals surface area contributed by atoms with Crippen molar-refractivity contribution in [3.63, 3.8) is 0 Å². The average Bonchev–Trinajstić information content (AvgIpc) is 2.70. The van der Waals surface area contributed by atoms with Crippen molar-refractivity contribution < 1.29 is 0 Å². The van der Waals surface area contributed by atoms with Crippen molar-refractivity contribution in [2.45, 2.75) is 19.9 Å². The van der Waals surface area contributed by atoms with Gasteiger partial charge in [0.2, 0.25) is 5.95 Å². The average molecular weight is 236 g/mol. The molecule has 6 nitrogen and oxygen atoms in total. The minimum Gasteiger partial charge on any atom is -0.351 e. The molecule has 0 saturated heterocycles. The lowest BCUT2D eigenvalue weighted by atomic mass is 10.4. The number of nitrogens with zero attached hydrogens (tertiary/aromatic N) is 4. The van der Waals surface area contributed by atoms with E-state index < -0.39 is 0 Å². The Hall–Kier alpha value is -1.76. The molecule has 2 heterocycles. The summed E-state index contributed by atoms with van der Waals surface area (Å²) in [7, 11) is 0. The van der Waals surface area contributed by atoms with Crippen LogP contribution in [0.1, 0.15) is 13.3 Å². The highest BCUT2D eigenvalue weighted by Crippen LogP contribution is 2.13. The van der Waals surface area contributed by atoms with Crippen LogP contribution in [0.3, 0.4) is 0 Å². The molecule has 7 heteroatoms. The molecule has 84 valence electrons. The molecule has 0 spiro atoms. The van der Waals surface area contributed by atoms with E-state index >= 15 is 0 Å². The van der Waals surface area contributed by atoms with Gasteiger partial charge in [0.1, 0.15) is 4.64 Å². The number of anilines is 2. The highest BCUT2D eigenvalue weighted by Gasteiger charge is 2.05. The Balaban J connectivity index is 2.24. The van der Waals surface area contributed by atoms with Crippen LogP contribution in [-0.2, 0) is 6.54 Å². The third-order valence-electron chi connectivity index (χ3n) is 2.03. The molecule has 0 amide bonds. The van der Waals surface area contributed by atoms with Crippen LogP contribution in [0.5, 0.6) is 0 Å². The lowest BCUT2D eigenvalue weighted by molar-refractivity contribution is 0.584. The summed E-state index contributed by atoms with van der Waals surface area (Å²) >= 11 is 5.14. The standard InChI is InChI=1S/C9H12N6S/c1-2-6-15-9(12-13-14-15)11-7-4-3-5-10-8(7)16/h3-5H,2,6H2,1H3,(H,10,16)(H,11,12,14). The smallest absolute Gasteiger partial charge is 0.247 e. The Kier molecular flexibility index (Phi) is 3.25. The summed E-state index contributed by atoms with van der Waals surface area (Å²) in [6.07, 6.45) is 2.75. The molecule has 0 aliphatic heterocycles. The van der Waals surface area contributed by atoms with Crippen LogP contribution in [-0.4, -0.2) is 25.2 Å². The molecular weight excluding hydrogens is 224 g/mol. The fourth-order valence-electron chi connectivity index (χ4n) is 1.30. The first-order valence-corrected chi connectivity index (χ1v) is 5.43. The molecule has 0 atom stereocenters. The summed E-state index contributed by atoms with van der Waals surface area (Å²) in [5.74, 6) is 0.604. The van der Waals surface area contributed by atoms with E-state index in [4.69, 9.17) is 12.2 Å². The summed E-state index contributed by atoms with van der Waals surface area (Å²) in [6, 6.07) is 3.75. The van der Waals surface area contributed by atoms with Crippen LogP contribution >= 0.6 is 12.2 Å². The van der Waals surface area contributed by atoms with E-state index in [2.05, 4.69) is 32.7 Å². The molecule has 0 saturated carbocycles. The number of rotatable bonds is 4. The lowest BCUT2D eigenvalue weighted by Crippen LogP contribution is -2.05. The molecule has 0 aliphatic rings. The zero-order valence-electron chi connectivity index (χ0n) is 8.84. The number of aryl methyl sites for hydroxylation is 1. The van der Waals surface area contributed by atoms with E-state index in [9.17, 15) is 0 Å². The third-order valence-corrected chi connectivity index (χ3v) is 2.37. The van der Waals surface area contributed by atoms with Gasteiger partial charge in [-0.1, -0.05) is 24.2 Å². The fourth-order valence-corrected chi connectivity index (χ4v) is 1.48. The van der Waals surface area contributed by atoms with Gasteiger partial charge in [0.05, 0.1) is 5.69 Å². The Morgan fingerprint density at radius 3 is 3.19 bits per heavy atom. The molecule has 16 heavy (non-hydrogen) atoms. The zero-order valence-corrected chi connectivity index (χ0v) is 9.66. The topological polar surface area (TPSA) is 71.4 Å². The monoisotopic (exact) mass is 236 g/mol. The summed E-state index contributed by atoms with van der Waals surface area (Å²) in [6.45, 7) is 2.85. The Morgan fingerprint density at radius 2 is 2.44 bits per heavy atom. The molecule has 0 unspecified atom stereocenters. The van der Waals surface area contributed by atoms with Crippen molar-refractivity contribution in [3.8, 4) is 0 Å². The SMILES string of the molecule is CCCn1nnnc1Nc1ccc[nH]c1=S. The highest BCUT2D eigenvalue weighted by molar-refractivity contribution is 7.71. The number of aromatic nitrogens is 5. The normalized spacial score (nSPS) is 10.3. The van der Waals surface area contributed by atoms with Gasteiger partial charge in [-0.2, -0.15) is 0 Å². The summed E-state index contributed by atoms with van der Waals surface area (Å²) in [5.41, 5.74) is 0.796. The number of H-pyrrole nitrogens is 1. The van der Waals surface area contributed by atoms with Crippen LogP contribution in [0, 0.1) is 4.64 Å². The van der Waals surface area contributed by atoms with Crippen molar-refractivity contribution in [1.29, 1.82) is 0 Å². The van der Waals surface area contributed by atoms with Crippen LogP contribution in [0.25, 0.3) is 0 Å². The number of hydrogen-bond donors (Lipinski definition) is 2. The molecule has 0 radical (unpaired) electrons. The molecule has 0 fully saturated rings. The molecular formula is C9H12N6S. The Bertz CT molecular complexity index is 516. The van der Waals surface area contributed by atoms with Crippen LogP contribution < -0.4 is 5.32 Å². The number of aromatic amines is 1. The van der Waals surface area contributed by atoms with E-state index in [1.54, 1.807) is 10.9 Å². The predicted molar refractivity (Wildman–Crippen MR) is 63.0 cm³/mol. The second-order valence-electron chi connectivity index (χ2n) is 3.26. The maximum absolute atomic E-state index is 5.14. The predicted octanol–water partition coefficient (Wildman–Crippen LogP) is 1.88. The highest BCUT2D eigenvalue weighted by atomic mass is 32.1. The summed E-state index contributed by atoms with van der Waals surface area (Å²) < 4.78 is 2.34. The molecule has 0 bridgehead atoms. The van der Waals surface area contributed by atoms with Crippen LogP contribution in [0.2, 0.25) is 0 Å². The summed E-state index contributed by atoms with van der Waals surface area (Å²) in [4.78, 5) is 2.94. The minimum absolute atomic E-state index is 0.604. The number of tetrazole rings is 1. The Morgan fingerprint density at radius 1 is 1.56 bits per heavy atom. The third kappa shape index (κ3) is 2.25. The van der Waals surface area contributed by atoms with Crippen molar-refractivity contribution in [2.24, 2.45) is 0 Å². The van der Waals surface area contributed by atoms with Crippen LogP contribution in [0.15, 0.2) is 18.3 Å². The van der Waals surface area contributed by atoms with Gasteiger partial charge in [-0.15, -0.1) is 0 Å². The van der Waals surface area contributed by atoms with Gasteiger partial charge in [-0.25, -0.2) is 4.68 Å². The van der Waals surface area contributed by atoms with Gasteiger partial charge in [-0.3, -0.25) is 0 Å². The molecule has 0 aromatic carbocycles. The minimum atomic E-state index is 0.604. The first-order chi connectivity index (χ1) is 7.81. The zero-order chi connectivity index (χ0) is 11.4. The largest absolute Gasteiger partial charge is 0.351 e. The fraction of sp³-hybridized carbons (Fsp3) is 0.333. The molecule has 2 N–H and O–H groups in total. The van der Waals surface area contributed by atoms with E-state index in [1.165, 1.54) is 0 Å². The number of pyridine rings is 1. The van der Waals surface area contributed by atoms with Gasteiger partial charge in [0, 0.05) is 12.7 Å². The molecule has 2 aromatic rings. The number of nitrogens with one attached hydrogen (secondary N) is 2. The van der Waals surface area contributed by atoms with Gasteiger partial charge < -0.3 is 10.3 Å². The molecule has 2 rings (SSSR count). The van der Waals surface area contributed by atoms with Crippen LogP contribution in [0.4, 0.5) is 11.6 Å². The summed E-state index contributed by atoms with van der Waals surface area (Å²) in [5, 5.41) is 14.5. The van der Waals surface area contributed by atoms with E-state index in [0.29, 0.717) is 10.6 Å². The van der Waals surface area contributed by atoms with Gasteiger partial charge in [0.15, 0.2) is 0 Å². The lowest BCUT2D eigenvalue weighted by Gasteiger charge is -2.05. The van der Waals surface area contributed by atoms with Gasteiger partial charge >= 0.3 is 0 Å². The molecule has 2 aromatic heterocycles. The van der Waals surface area contributed by atoms with Gasteiger partial charge in [0.25, 0.3) is 0 Å². The van der Waals surface area contributed by atoms with E-state index in [0.717, 1.165) is 18.7 Å². The van der Waals surface area contributed by atoms with Crippen molar-refractivity contribution in [2.75, 3.05) is 5.32 Å². The van der Waals surface area contributed by atoms with Crippen molar-refractivity contribution in [1.82, 2.24) is 25.2 Å².